The molecule has 2 aromatic rings. The predicted molar refractivity (Wildman–Crippen MR) is 106 cm³/mol. The van der Waals surface area contributed by atoms with Gasteiger partial charge in [-0.1, -0.05) is 6.07 Å². The average Bonchev–Trinajstić information content (AvgIpc) is 2.74. The molecule has 3 rings (SSSR count). The zero-order chi connectivity index (χ0) is 20.8. The van der Waals surface area contributed by atoms with Gasteiger partial charge in [0.25, 0.3) is 11.8 Å². The topological polar surface area (TPSA) is 112 Å². The summed E-state index contributed by atoms with van der Waals surface area (Å²) < 4.78 is 0. The Labute approximate surface area is 167 Å². The normalized spacial score (nSPS) is 13.6. The molecule has 1 aliphatic rings. The number of amides is 4. The molecule has 1 saturated heterocycles. The van der Waals surface area contributed by atoms with Crippen molar-refractivity contribution in [3.8, 4) is 0 Å². The number of pyridine rings is 1. The van der Waals surface area contributed by atoms with E-state index >= 15 is 0 Å². The first-order chi connectivity index (χ1) is 14.0. The van der Waals surface area contributed by atoms with Crippen LogP contribution in [-0.4, -0.2) is 65.1 Å². The second kappa shape index (κ2) is 8.96. The van der Waals surface area contributed by atoms with E-state index in [9.17, 15) is 19.2 Å². The number of piperazine rings is 1. The average molecular weight is 395 g/mol. The van der Waals surface area contributed by atoms with Crippen molar-refractivity contribution in [2.24, 2.45) is 0 Å². The third-order valence-electron chi connectivity index (χ3n) is 4.41. The monoisotopic (exact) mass is 395 g/mol. The van der Waals surface area contributed by atoms with Crippen molar-refractivity contribution in [3.05, 3.63) is 53.9 Å². The Hall–Kier alpha value is -3.75. The van der Waals surface area contributed by atoms with Crippen molar-refractivity contribution in [1.29, 1.82) is 0 Å². The first-order valence-electron chi connectivity index (χ1n) is 9.11. The van der Waals surface area contributed by atoms with Crippen LogP contribution in [0, 0.1) is 0 Å². The molecule has 0 unspecified atom stereocenters. The van der Waals surface area contributed by atoms with E-state index in [1.54, 1.807) is 46.2 Å². The smallest absolute Gasteiger partial charge is 0.274 e. The molecule has 2 heterocycles. The Balaban J connectivity index is 1.65. The first-order valence-corrected chi connectivity index (χ1v) is 9.11. The van der Waals surface area contributed by atoms with Gasteiger partial charge >= 0.3 is 0 Å². The number of carbonyl (C=O) groups excluding carboxylic acids is 4. The van der Waals surface area contributed by atoms with Crippen LogP contribution in [-0.2, 0) is 9.59 Å². The number of nitrogens with one attached hydrogen (secondary N) is 2. The number of anilines is 2. The molecule has 9 nitrogen and oxygen atoms in total. The number of aromatic nitrogens is 1. The number of benzene rings is 1. The van der Waals surface area contributed by atoms with Gasteiger partial charge in [0.1, 0.15) is 11.4 Å². The van der Waals surface area contributed by atoms with Crippen LogP contribution in [0.25, 0.3) is 0 Å². The van der Waals surface area contributed by atoms with Crippen LogP contribution in [0.4, 0.5) is 11.4 Å². The van der Waals surface area contributed by atoms with E-state index in [1.165, 1.54) is 13.0 Å². The molecule has 29 heavy (non-hydrogen) atoms. The molecule has 0 spiro atoms. The highest BCUT2D eigenvalue weighted by atomic mass is 16.2. The largest absolute Gasteiger partial charge is 0.342 e. The van der Waals surface area contributed by atoms with Crippen molar-refractivity contribution < 1.29 is 19.2 Å². The molecule has 0 radical (unpaired) electrons. The zero-order valence-electron chi connectivity index (χ0n) is 15.9. The summed E-state index contributed by atoms with van der Waals surface area (Å²) >= 11 is 0. The molecule has 1 aliphatic heterocycles. The molecule has 4 amide bonds. The molecule has 0 saturated carbocycles. The van der Waals surface area contributed by atoms with Gasteiger partial charge in [-0.2, -0.15) is 0 Å². The van der Waals surface area contributed by atoms with Gasteiger partial charge < -0.3 is 20.4 Å². The van der Waals surface area contributed by atoms with Gasteiger partial charge in [-0.15, -0.1) is 0 Å². The summed E-state index contributed by atoms with van der Waals surface area (Å²) in [6.07, 6.45) is 0.772. The van der Waals surface area contributed by atoms with E-state index < -0.39 is 5.91 Å². The van der Waals surface area contributed by atoms with Crippen LogP contribution in [0.1, 0.15) is 27.9 Å². The predicted octanol–water partition coefficient (Wildman–Crippen LogP) is 1.21. The quantitative estimate of drug-likeness (QED) is 0.739. The second-order valence-electron chi connectivity index (χ2n) is 6.55. The van der Waals surface area contributed by atoms with E-state index in [2.05, 4.69) is 15.6 Å². The molecule has 9 heteroatoms. The number of hydrogen-bond acceptors (Lipinski definition) is 5. The Morgan fingerprint density at radius 1 is 0.897 bits per heavy atom. The third kappa shape index (κ3) is 5.16. The van der Waals surface area contributed by atoms with Crippen molar-refractivity contribution in [2.75, 3.05) is 36.8 Å². The first kappa shape index (κ1) is 20.0. The number of hydrogen-bond donors (Lipinski definition) is 2. The van der Waals surface area contributed by atoms with Gasteiger partial charge in [0.15, 0.2) is 0 Å². The molecular weight excluding hydrogens is 374 g/mol. The highest BCUT2D eigenvalue weighted by Gasteiger charge is 2.23. The van der Waals surface area contributed by atoms with Gasteiger partial charge in [-0.3, -0.25) is 19.2 Å². The molecule has 150 valence electrons. The fourth-order valence-corrected chi connectivity index (χ4v) is 2.91. The highest BCUT2D eigenvalue weighted by Crippen LogP contribution is 2.15. The minimum Gasteiger partial charge on any atom is -0.342 e. The van der Waals surface area contributed by atoms with Gasteiger partial charge in [0.05, 0.1) is 0 Å². The lowest BCUT2D eigenvalue weighted by atomic mass is 10.2. The van der Waals surface area contributed by atoms with E-state index in [0.717, 1.165) is 6.41 Å². The molecule has 1 aromatic carbocycles. The molecule has 0 atom stereocenters. The molecule has 2 N–H and O–H groups in total. The van der Waals surface area contributed by atoms with E-state index in [0.29, 0.717) is 37.6 Å². The zero-order valence-corrected chi connectivity index (χ0v) is 15.9. The standard InChI is InChI=1S/C20H21N5O4/c1-14(27)21-15-5-7-16(8-6-15)22-19(28)17-3-2-4-18(23-17)20(29)25-11-9-24(13-26)10-12-25/h2-8,13H,9-12H2,1H3,(H,21,27)(H,22,28). The van der Waals surface area contributed by atoms with E-state index in [-0.39, 0.29) is 23.2 Å². The molecule has 0 aliphatic carbocycles. The summed E-state index contributed by atoms with van der Waals surface area (Å²) in [6, 6.07) is 11.4. The van der Waals surface area contributed by atoms with Crippen molar-refractivity contribution >= 4 is 35.5 Å². The van der Waals surface area contributed by atoms with E-state index in [4.69, 9.17) is 0 Å². The van der Waals surface area contributed by atoms with Crippen LogP contribution in [0.15, 0.2) is 42.5 Å². The van der Waals surface area contributed by atoms with Crippen molar-refractivity contribution in [1.82, 2.24) is 14.8 Å². The van der Waals surface area contributed by atoms with Crippen LogP contribution >= 0.6 is 0 Å². The summed E-state index contributed by atoms with van der Waals surface area (Å²) in [5.41, 5.74) is 1.45. The Kier molecular flexibility index (Phi) is 6.18. The maximum atomic E-state index is 12.6. The van der Waals surface area contributed by atoms with Gasteiger partial charge in [-0.05, 0) is 36.4 Å². The van der Waals surface area contributed by atoms with E-state index in [1.807, 2.05) is 0 Å². The summed E-state index contributed by atoms with van der Waals surface area (Å²) in [5.74, 6) is -0.900. The molecule has 1 fully saturated rings. The van der Waals surface area contributed by atoms with Crippen LogP contribution in [0.2, 0.25) is 0 Å². The lowest BCUT2D eigenvalue weighted by molar-refractivity contribution is -0.119. The van der Waals surface area contributed by atoms with Crippen LogP contribution in [0.5, 0.6) is 0 Å². The Bertz CT molecular complexity index is 921. The lowest BCUT2D eigenvalue weighted by Gasteiger charge is -2.32. The minimum atomic E-state index is -0.447. The number of carbonyl (C=O) groups is 4. The maximum Gasteiger partial charge on any atom is 0.274 e. The van der Waals surface area contributed by atoms with Crippen molar-refractivity contribution in [3.63, 3.8) is 0 Å². The van der Waals surface area contributed by atoms with Crippen LogP contribution < -0.4 is 10.6 Å². The summed E-state index contributed by atoms with van der Waals surface area (Å²) in [7, 11) is 0. The molecule has 0 bridgehead atoms. The fraction of sp³-hybridized carbons (Fsp3) is 0.250. The lowest BCUT2D eigenvalue weighted by Crippen LogP contribution is -2.48. The SMILES string of the molecule is CC(=O)Nc1ccc(NC(=O)c2cccc(C(=O)N3CCN(C=O)CC3)n2)cc1. The van der Waals surface area contributed by atoms with Crippen LogP contribution in [0.3, 0.4) is 0 Å². The van der Waals surface area contributed by atoms with Gasteiger partial charge in [-0.25, -0.2) is 4.98 Å². The highest BCUT2D eigenvalue weighted by molar-refractivity contribution is 6.04. The summed E-state index contributed by atoms with van der Waals surface area (Å²) in [4.78, 5) is 54.4. The van der Waals surface area contributed by atoms with Gasteiger partial charge in [0.2, 0.25) is 12.3 Å². The number of rotatable bonds is 5. The van der Waals surface area contributed by atoms with Crippen molar-refractivity contribution in [2.45, 2.75) is 6.92 Å². The number of nitrogens with zero attached hydrogens (tertiary/aromatic N) is 3. The fourth-order valence-electron chi connectivity index (χ4n) is 2.91. The third-order valence-corrected chi connectivity index (χ3v) is 4.41. The molecule has 1 aromatic heterocycles. The Morgan fingerprint density at radius 2 is 1.48 bits per heavy atom. The summed E-state index contributed by atoms with van der Waals surface area (Å²) in [5, 5.41) is 5.36. The second-order valence-corrected chi connectivity index (χ2v) is 6.55. The maximum absolute atomic E-state index is 12.6. The Morgan fingerprint density at radius 3 is 2.07 bits per heavy atom. The molecular formula is C20H21N5O4. The minimum absolute atomic E-state index is 0.119. The summed E-state index contributed by atoms with van der Waals surface area (Å²) in [6.45, 7) is 3.22. The van der Waals surface area contributed by atoms with Gasteiger partial charge in [0, 0.05) is 44.5 Å².